The number of hydrogen-bond donors (Lipinski definition) is 1. The van der Waals surface area contributed by atoms with Crippen molar-refractivity contribution in [2.24, 2.45) is 0 Å². The summed E-state index contributed by atoms with van der Waals surface area (Å²) in [6.45, 7) is 6.41. The molecule has 4 heterocycles. The van der Waals surface area contributed by atoms with E-state index in [1.165, 1.54) is 6.42 Å². The first-order chi connectivity index (χ1) is 13.9. The number of likely N-dealkylation sites (tertiary alicyclic amines) is 1. The van der Waals surface area contributed by atoms with E-state index in [9.17, 15) is 4.79 Å². The van der Waals surface area contributed by atoms with Gasteiger partial charge in [-0.3, -0.25) is 0 Å². The number of piperidine rings is 1. The van der Waals surface area contributed by atoms with Crippen LogP contribution in [0.25, 0.3) is 0 Å². The van der Waals surface area contributed by atoms with Crippen LogP contribution in [-0.2, 0) is 4.74 Å². The zero-order valence-electron chi connectivity index (χ0n) is 17.6. The zero-order valence-corrected chi connectivity index (χ0v) is 17.6. The van der Waals surface area contributed by atoms with E-state index >= 15 is 0 Å². The van der Waals surface area contributed by atoms with Gasteiger partial charge >= 0.3 is 6.09 Å². The number of nitrogens with zero attached hydrogens (tertiary/aromatic N) is 6. The normalized spacial score (nSPS) is 24.7. The maximum Gasteiger partial charge on any atom is 0.410 e. The van der Waals surface area contributed by atoms with Crippen molar-refractivity contribution in [3.63, 3.8) is 0 Å². The Morgan fingerprint density at radius 1 is 1.28 bits per heavy atom. The molecule has 3 fully saturated rings. The van der Waals surface area contributed by atoms with E-state index in [-0.39, 0.29) is 17.6 Å². The van der Waals surface area contributed by atoms with Crippen molar-refractivity contribution in [1.29, 1.82) is 0 Å². The summed E-state index contributed by atoms with van der Waals surface area (Å²) in [6, 6.07) is 2.53. The fourth-order valence-electron chi connectivity index (χ4n) is 4.73. The number of nitrogen functional groups attached to an aromatic ring is 1. The molecule has 0 bridgehead atoms. The van der Waals surface area contributed by atoms with Crippen LogP contribution in [0.3, 0.4) is 0 Å². The molecule has 160 valence electrons. The van der Waals surface area contributed by atoms with Crippen LogP contribution in [0.15, 0.2) is 12.3 Å². The molecule has 2 N–H and O–H groups in total. The van der Waals surface area contributed by atoms with Gasteiger partial charge in [-0.1, -0.05) is 0 Å². The van der Waals surface area contributed by atoms with Gasteiger partial charge in [-0.15, -0.1) is 0 Å². The van der Waals surface area contributed by atoms with E-state index in [0.29, 0.717) is 12.6 Å². The van der Waals surface area contributed by atoms with Gasteiger partial charge in [0.25, 0.3) is 0 Å². The van der Waals surface area contributed by atoms with Crippen molar-refractivity contribution in [3.05, 3.63) is 12.3 Å². The van der Waals surface area contributed by atoms with E-state index in [1.807, 2.05) is 11.0 Å². The largest absolute Gasteiger partial charge is 0.441 e. The lowest BCUT2D eigenvalue weighted by Gasteiger charge is -2.37. The third-order valence-electron chi connectivity index (χ3n) is 6.58. The van der Waals surface area contributed by atoms with Crippen molar-refractivity contribution in [2.45, 2.75) is 37.3 Å². The summed E-state index contributed by atoms with van der Waals surface area (Å²) in [5.74, 6) is 1.13. The molecule has 1 aromatic heterocycles. The maximum atomic E-state index is 12.4. The summed E-state index contributed by atoms with van der Waals surface area (Å²) in [6.07, 6.45) is 5.39. The van der Waals surface area contributed by atoms with Gasteiger partial charge in [0.15, 0.2) is 0 Å². The average Bonchev–Trinajstić information content (AvgIpc) is 3.28. The topological polar surface area (TPSA) is 91.1 Å². The highest BCUT2D eigenvalue weighted by Gasteiger charge is 2.46. The SMILES string of the molecule is CN(C)C1CCN(CCCN2CC3(CCN(c4ccnc(N)n4)CC3)OC2=O)C1. The zero-order chi connectivity index (χ0) is 20.4. The fourth-order valence-corrected chi connectivity index (χ4v) is 4.73. The molecule has 0 saturated carbocycles. The second-order valence-electron chi connectivity index (χ2n) is 8.79. The molecule has 3 saturated heterocycles. The smallest absolute Gasteiger partial charge is 0.410 e. The molecule has 1 spiro atoms. The van der Waals surface area contributed by atoms with Crippen LogP contribution < -0.4 is 10.6 Å². The highest BCUT2D eigenvalue weighted by atomic mass is 16.6. The van der Waals surface area contributed by atoms with Crippen LogP contribution in [0.1, 0.15) is 25.7 Å². The highest BCUT2D eigenvalue weighted by molar-refractivity contribution is 5.70. The minimum Gasteiger partial charge on any atom is -0.441 e. The number of ether oxygens (including phenoxy) is 1. The first-order valence-corrected chi connectivity index (χ1v) is 10.6. The highest BCUT2D eigenvalue weighted by Crippen LogP contribution is 2.34. The number of carbonyl (C=O) groups excluding carboxylic acids is 1. The summed E-state index contributed by atoms with van der Waals surface area (Å²) < 4.78 is 5.86. The number of rotatable bonds is 6. The molecule has 1 unspecified atom stereocenters. The number of anilines is 2. The minimum absolute atomic E-state index is 0.155. The Balaban J connectivity index is 1.23. The Labute approximate surface area is 172 Å². The predicted molar refractivity (Wildman–Crippen MR) is 112 cm³/mol. The lowest BCUT2D eigenvalue weighted by atomic mass is 9.91. The molecule has 29 heavy (non-hydrogen) atoms. The van der Waals surface area contributed by atoms with Gasteiger partial charge in [-0.05, 0) is 46.1 Å². The van der Waals surface area contributed by atoms with Crippen LogP contribution in [0.2, 0.25) is 0 Å². The van der Waals surface area contributed by atoms with Crippen LogP contribution >= 0.6 is 0 Å². The lowest BCUT2D eigenvalue weighted by Crippen LogP contribution is -2.47. The first-order valence-electron chi connectivity index (χ1n) is 10.6. The van der Waals surface area contributed by atoms with E-state index in [2.05, 4.69) is 38.8 Å². The van der Waals surface area contributed by atoms with Gasteiger partial charge in [-0.25, -0.2) is 9.78 Å². The Kier molecular flexibility index (Phi) is 5.78. The molecule has 3 aliphatic rings. The molecular formula is C20H33N7O2. The number of aromatic nitrogens is 2. The van der Waals surface area contributed by atoms with Crippen LogP contribution in [0, 0.1) is 0 Å². The average molecular weight is 404 g/mol. The second kappa shape index (κ2) is 8.31. The van der Waals surface area contributed by atoms with Crippen molar-refractivity contribution < 1.29 is 9.53 Å². The number of nitrogens with two attached hydrogens (primary N) is 1. The Hall–Kier alpha value is -2.13. The van der Waals surface area contributed by atoms with Gasteiger partial charge in [0.05, 0.1) is 6.54 Å². The monoisotopic (exact) mass is 403 g/mol. The molecule has 0 aliphatic carbocycles. The molecule has 0 radical (unpaired) electrons. The summed E-state index contributed by atoms with van der Waals surface area (Å²) in [7, 11) is 4.30. The number of likely N-dealkylation sites (N-methyl/N-ethyl adjacent to an activating group) is 1. The lowest BCUT2D eigenvalue weighted by molar-refractivity contribution is 0.0366. The van der Waals surface area contributed by atoms with E-state index in [0.717, 1.165) is 64.3 Å². The summed E-state index contributed by atoms with van der Waals surface area (Å²) in [5.41, 5.74) is 5.35. The molecule has 1 aromatic rings. The molecule has 4 rings (SSSR count). The molecule has 1 atom stereocenters. The van der Waals surface area contributed by atoms with Gasteiger partial charge in [0.1, 0.15) is 11.4 Å². The van der Waals surface area contributed by atoms with Crippen molar-refractivity contribution in [1.82, 2.24) is 24.7 Å². The number of carbonyl (C=O) groups is 1. The van der Waals surface area contributed by atoms with E-state index in [4.69, 9.17) is 10.5 Å². The maximum absolute atomic E-state index is 12.4. The van der Waals surface area contributed by atoms with E-state index < -0.39 is 0 Å². The Bertz CT molecular complexity index is 721. The Morgan fingerprint density at radius 2 is 2.07 bits per heavy atom. The predicted octanol–water partition coefficient (Wildman–Crippen LogP) is 0.876. The van der Waals surface area contributed by atoms with Crippen molar-refractivity contribution in [2.75, 3.05) is 70.5 Å². The fraction of sp³-hybridized carbons (Fsp3) is 0.750. The third-order valence-corrected chi connectivity index (χ3v) is 6.58. The summed E-state index contributed by atoms with van der Waals surface area (Å²) in [4.78, 5) is 29.6. The van der Waals surface area contributed by atoms with Crippen LogP contribution in [0.5, 0.6) is 0 Å². The van der Waals surface area contributed by atoms with E-state index in [1.54, 1.807) is 6.20 Å². The molecule has 9 heteroatoms. The number of amides is 1. The molecule has 9 nitrogen and oxygen atoms in total. The van der Waals surface area contributed by atoms with Crippen molar-refractivity contribution >= 4 is 17.9 Å². The summed E-state index contributed by atoms with van der Waals surface area (Å²) >= 11 is 0. The van der Waals surface area contributed by atoms with Gasteiger partial charge < -0.3 is 30.1 Å². The molecule has 1 amide bonds. The molecule has 3 aliphatic heterocycles. The first kappa shape index (κ1) is 20.2. The van der Waals surface area contributed by atoms with Crippen LogP contribution in [-0.4, -0.2) is 102 Å². The third kappa shape index (κ3) is 4.56. The standard InChI is InChI=1S/C20H33N7O2/c1-24(2)16-5-11-25(14-16)9-3-10-27-15-20(29-19(27)28)6-12-26(13-7-20)17-4-8-22-18(21)23-17/h4,8,16H,3,5-7,9-15H2,1-2H3,(H2,21,22,23). The molecular weight excluding hydrogens is 370 g/mol. The van der Waals surface area contributed by atoms with Crippen LogP contribution in [0.4, 0.5) is 16.6 Å². The quantitative estimate of drug-likeness (QED) is 0.748. The van der Waals surface area contributed by atoms with Gasteiger partial charge in [0.2, 0.25) is 5.95 Å². The minimum atomic E-state index is -0.351. The van der Waals surface area contributed by atoms with Crippen molar-refractivity contribution in [3.8, 4) is 0 Å². The van der Waals surface area contributed by atoms with Gasteiger partial charge in [-0.2, -0.15) is 4.98 Å². The number of hydrogen-bond acceptors (Lipinski definition) is 8. The van der Waals surface area contributed by atoms with Gasteiger partial charge in [0, 0.05) is 51.3 Å². The second-order valence-corrected chi connectivity index (χ2v) is 8.79. The molecule has 0 aromatic carbocycles. The Morgan fingerprint density at radius 3 is 2.76 bits per heavy atom. The summed E-state index contributed by atoms with van der Waals surface area (Å²) in [5, 5.41) is 0.